The summed E-state index contributed by atoms with van der Waals surface area (Å²) in [6.45, 7) is 1.14. The molecule has 0 atom stereocenters. The molecule has 2 aromatic rings. The van der Waals surface area contributed by atoms with Gasteiger partial charge < -0.3 is 5.32 Å². The first-order chi connectivity index (χ1) is 8.27. The van der Waals surface area contributed by atoms with Gasteiger partial charge in [-0.2, -0.15) is 5.10 Å². The van der Waals surface area contributed by atoms with E-state index >= 15 is 0 Å². The standard InChI is InChI=1S/C11H12ClFN4/c12-9-3-1-2-8(11(9)13)6-14-5-4-10-15-7-16-17-10/h1-3,7,14H,4-6H2,(H,15,16,17). The molecule has 17 heavy (non-hydrogen) atoms. The van der Waals surface area contributed by atoms with E-state index in [1.165, 1.54) is 12.4 Å². The predicted molar refractivity (Wildman–Crippen MR) is 63.2 cm³/mol. The van der Waals surface area contributed by atoms with Crippen LogP contribution >= 0.6 is 11.6 Å². The number of hydrogen-bond donors (Lipinski definition) is 2. The van der Waals surface area contributed by atoms with Gasteiger partial charge in [-0.15, -0.1) is 0 Å². The summed E-state index contributed by atoms with van der Waals surface area (Å²) < 4.78 is 13.5. The number of halogens is 2. The fraction of sp³-hybridized carbons (Fsp3) is 0.273. The third-order valence-corrected chi connectivity index (χ3v) is 2.64. The first-order valence-corrected chi connectivity index (χ1v) is 5.63. The van der Waals surface area contributed by atoms with Gasteiger partial charge >= 0.3 is 0 Å². The molecule has 0 saturated carbocycles. The number of nitrogens with zero attached hydrogens (tertiary/aromatic N) is 2. The van der Waals surface area contributed by atoms with Crippen molar-refractivity contribution in [1.29, 1.82) is 0 Å². The van der Waals surface area contributed by atoms with Gasteiger partial charge in [0.05, 0.1) is 5.02 Å². The molecule has 0 aliphatic rings. The molecule has 6 heteroatoms. The highest BCUT2D eigenvalue weighted by Crippen LogP contribution is 2.17. The molecular formula is C11H12ClFN4. The summed E-state index contributed by atoms with van der Waals surface area (Å²) in [7, 11) is 0. The van der Waals surface area contributed by atoms with Crippen molar-refractivity contribution in [1.82, 2.24) is 20.5 Å². The van der Waals surface area contributed by atoms with Gasteiger partial charge in [-0.1, -0.05) is 23.7 Å². The zero-order chi connectivity index (χ0) is 12.1. The van der Waals surface area contributed by atoms with E-state index < -0.39 is 0 Å². The van der Waals surface area contributed by atoms with E-state index in [1.54, 1.807) is 12.1 Å². The molecule has 0 saturated heterocycles. The largest absolute Gasteiger partial charge is 0.312 e. The molecule has 1 aromatic carbocycles. The van der Waals surface area contributed by atoms with Crippen LogP contribution in [0.5, 0.6) is 0 Å². The predicted octanol–water partition coefficient (Wildman–Crippen LogP) is 1.93. The maximum Gasteiger partial charge on any atom is 0.146 e. The monoisotopic (exact) mass is 254 g/mol. The Morgan fingerprint density at radius 2 is 2.29 bits per heavy atom. The molecular weight excluding hydrogens is 243 g/mol. The molecule has 0 unspecified atom stereocenters. The van der Waals surface area contributed by atoms with Crippen molar-refractivity contribution in [2.24, 2.45) is 0 Å². The second-order valence-electron chi connectivity index (χ2n) is 3.57. The molecule has 1 aromatic heterocycles. The Morgan fingerprint density at radius 3 is 3.06 bits per heavy atom. The summed E-state index contributed by atoms with van der Waals surface area (Å²) in [5.41, 5.74) is 0.565. The molecule has 0 aliphatic heterocycles. The fourth-order valence-electron chi connectivity index (χ4n) is 1.47. The van der Waals surface area contributed by atoms with Crippen molar-refractivity contribution in [3.05, 3.63) is 46.8 Å². The van der Waals surface area contributed by atoms with Crippen LogP contribution in [0.3, 0.4) is 0 Å². The Morgan fingerprint density at radius 1 is 1.41 bits per heavy atom. The minimum atomic E-state index is -0.360. The second kappa shape index (κ2) is 5.75. The van der Waals surface area contributed by atoms with Gasteiger partial charge in [0.1, 0.15) is 18.0 Å². The number of H-pyrrole nitrogens is 1. The van der Waals surface area contributed by atoms with Gasteiger partial charge in [-0.3, -0.25) is 5.10 Å². The smallest absolute Gasteiger partial charge is 0.146 e. The Hall–Kier alpha value is -1.46. The van der Waals surface area contributed by atoms with Crippen molar-refractivity contribution in [2.75, 3.05) is 6.54 Å². The van der Waals surface area contributed by atoms with E-state index in [-0.39, 0.29) is 10.8 Å². The molecule has 2 N–H and O–H groups in total. The van der Waals surface area contributed by atoms with Crippen LogP contribution in [0.25, 0.3) is 0 Å². The molecule has 90 valence electrons. The van der Waals surface area contributed by atoms with Crippen LogP contribution in [-0.4, -0.2) is 21.7 Å². The molecule has 0 bridgehead atoms. The molecule has 0 spiro atoms. The van der Waals surface area contributed by atoms with E-state index in [0.717, 1.165) is 12.2 Å². The maximum atomic E-state index is 13.5. The van der Waals surface area contributed by atoms with Crippen molar-refractivity contribution in [2.45, 2.75) is 13.0 Å². The minimum absolute atomic E-state index is 0.152. The zero-order valence-corrected chi connectivity index (χ0v) is 9.84. The first kappa shape index (κ1) is 12.0. The Labute approximate surface area is 103 Å². The summed E-state index contributed by atoms with van der Waals surface area (Å²) in [5, 5.41) is 9.78. The lowest BCUT2D eigenvalue weighted by atomic mass is 10.2. The van der Waals surface area contributed by atoms with E-state index in [9.17, 15) is 4.39 Å². The SMILES string of the molecule is Fc1c(Cl)cccc1CNCCc1ncn[nH]1. The summed E-state index contributed by atoms with van der Waals surface area (Å²) in [6, 6.07) is 4.98. The van der Waals surface area contributed by atoms with Crippen molar-refractivity contribution < 1.29 is 4.39 Å². The maximum absolute atomic E-state index is 13.5. The van der Waals surface area contributed by atoms with Crippen LogP contribution in [0.15, 0.2) is 24.5 Å². The molecule has 0 aliphatic carbocycles. The molecule has 4 nitrogen and oxygen atoms in total. The number of aromatic nitrogens is 3. The van der Waals surface area contributed by atoms with Gasteiger partial charge in [-0.25, -0.2) is 9.37 Å². The Bertz CT molecular complexity index is 472. The lowest BCUT2D eigenvalue weighted by molar-refractivity contribution is 0.587. The highest BCUT2D eigenvalue weighted by Gasteiger charge is 2.05. The van der Waals surface area contributed by atoms with Crippen LogP contribution in [0.4, 0.5) is 4.39 Å². The highest BCUT2D eigenvalue weighted by atomic mass is 35.5. The number of benzene rings is 1. The lowest BCUT2D eigenvalue weighted by Crippen LogP contribution is -2.18. The van der Waals surface area contributed by atoms with Crippen LogP contribution < -0.4 is 5.32 Å². The van der Waals surface area contributed by atoms with Gasteiger partial charge in [0, 0.05) is 25.1 Å². The van der Waals surface area contributed by atoms with Gasteiger partial charge in [0.15, 0.2) is 0 Å². The number of nitrogens with one attached hydrogen (secondary N) is 2. The number of rotatable bonds is 5. The van der Waals surface area contributed by atoms with Crippen molar-refractivity contribution in [3.8, 4) is 0 Å². The highest BCUT2D eigenvalue weighted by molar-refractivity contribution is 6.30. The van der Waals surface area contributed by atoms with Gasteiger partial charge in [0.25, 0.3) is 0 Å². The zero-order valence-electron chi connectivity index (χ0n) is 9.08. The van der Waals surface area contributed by atoms with Crippen LogP contribution in [0.1, 0.15) is 11.4 Å². The molecule has 1 heterocycles. The average Bonchev–Trinajstić information content (AvgIpc) is 2.83. The molecule has 2 rings (SSSR count). The number of hydrogen-bond acceptors (Lipinski definition) is 3. The van der Waals surface area contributed by atoms with E-state index in [0.29, 0.717) is 18.7 Å². The van der Waals surface area contributed by atoms with Gasteiger partial charge in [0.2, 0.25) is 0 Å². The minimum Gasteiger partial charge on any atom is -0.312 e. The third-order valence-electron chi connectivity index (χ3n) is 2.35. The third kappa shape index (κ3) is 3.25. The lowest BCUT2D eigenvalue weighted by Gasteiger charge is -2.05. The molecule has 0 fully saturated rings. The van der Waals surface area contributed by atoms with E-state index in [2.05, 4.69) is 20.5 Å². The normalized spacial score (nSPS) is 10.7. The average molecular weight is 255 g/mol. The Kier molecular flexibility index (Phi) is 4.06. The van der Waals surface area contributed by atoms with Crippen LogP contribution in [0.2, 0.25) is 5.02 Å². The van der Waals surface area contributed by atoms with E-state index in [4.69, 9.17) is 11.6 Å². The van der Waals surface area contributed by atoms with Crippen LogP contribution in [0, 0.1) is 5.82 Å². The quantitative estimate of drug-likeness (QED) is 0.802. The Balaban J connectivity index is 1.80. The second-order valence-corrected chi connectivity index (χ2v) is 3.98. The summed E-state index contributed by atoms with van der Waals surface area (Å²) in [4.78, 5) is 3.99. The topological polar surface area (TPSA) is 53.6 Å². The molecule has 0 amide bonds. The molecule has 0 radical (unpaired) electrons. The number of aromatic amines is 1. The van der Waals surface area contributed by atoms with Crippen molar-refractivity contribution in [3.63, 3.8) is 0 Å². The van der Waals surface area contributed by atoms with Crippen LogP contribution in [-0.2, 0) is 13.0 Å². The summed E-state index contributed by atoms with van der Waals surface area (Å²) >= 11 is 5.68. The van der Waals surface area contributed by atoms with E-state index in [1.807, 2.05) is 0 Å². The summed E-state index contributed by atoms with van der Waals surface area (Å²) in [5.74, 6) is 0.449. The first-order valence-electron chi connectivity index (χ1n) is 5.25. The van der Waals surface area contributed by atoms with Gasteiger partial charge in [-0.05, 0) is 6.07 Å². The fourth-order valence-corrected chi connectivity index (χ4v) is 1.66. The van der Waals surface area contributed by atoms with Crippen molar-refractivity contribution >= 4 is 11.6 Å². The summed E-state index contributed by atoms with van der Waals surface area (Å²) in [6.07, 6.45) is 2.19.